The minimum Gasteiger partial charge on any atom is -0.387 e. The predicted molar refractivity (Wildman–Crippen MR) is 82.6 cm³/mol. The molecule has 2 aromatic rings. The molecule has 0 saturated carbocycles. The first-order valence-corrected chi connectivity index (χ1v) is 7.57. The Bertz CT molecular complexity index is 664. The van der Waals surface area contributed by atoms with Crippen molar-refractivity contribution >= 4 is 17.2 Å². The van der Waals surface area contributed by atoms with Gasteiger partial charge in [0.25, 0.3) is 5.91 Å². The van der Waals surface area contributed by atoms with Crippen molar-refractivity contribution in [3.05, 3.63) is 56.1 Å². The summed E-state index contributed by atoms with van der Waals surface area (Å²) in [6.45, 7) is 3.55. The first-order chi connectivity index (χ1) is 9.95. The van der Waals surface area contributed by atoms with Crippen LogP contribution in [0, 0.1) is 6.92 Å². The molecule has 21 heavy (non-hydrogen) atoms. The van der Waals surface area contributed by atoms with E-state index < -0.39 is 6.10 Å². The van der Waals surface area contributed by atoms with Gasteiger partial charge in [0.15, 0.2) is 0 Å². The molecule has 0 bridgehead atoms. The van der Waals surface area contributed by atoms with Crippen molar-refractivity contribution < 1.29 is 9.90 Å². The van der Waals surface area contributed by atoms with Crippen molar-refractivity contribution in [1.29, 1.82) is 0 Å². The number of H-pyrrole nitrogens is 1. The van der Waals surface area contributed by atoms with Crippen molar-refractivity contribution in [3.63, 3.8) is 0 Å². The first-order valence-electron chi connectivity index (χ1n) is 6.69. The third-order valence-corrected chi connectivity index (χ3v) is 4.04. The average molecular weight is 306 g/mol. The normalized spacial score (nSPS) is 13.7. The second kappa shape index (κ2) is 6.69. The van der Waals surface area contributed by atoms with Gasteiger partial charge in [0.1, 0.15) is 0 Å². The predicted octanol–water partition coefficient (Wildman–Crippen LogP) is 1.99. The summed E-state index contributed by atoms with van der Waals surface area (Å²) in [7, 11) is 0. The number of carbonyl (C=O) groups is 1. The van der Waals surface area contributed by atoms with Crippen molar-refractivity contribution in [2.75, 3.05) is 0 Å². The fourth-order valence-corrected chi connectivity index (χ4v) is 2.84. The van der Waals surface area contributed by atoms with Crippen LogP contribution in [0.4, 0.5) is 0 Å². The minimum absolute atomic E-state index is 0.200. The van der Waals surface area contributed by atoms with Crippen LogP contribution in [0.3, 0.4) is 0 Å². The van der Waals surface area contributed by atoms with Crippen molar-refractivity contribution in [2.24, 2.45) is 0 Å². The largest absolute Gasteiger partial charge is 0.387 e. The summed E-state index contributed by atoms with van der Waals surface area (Å²) in [5.41, 5.74) is 0.666. The van der Waals surface area contributed by atoms with Gasteiger partial charge in [0, 0.05) is 28.2 Å². The third kappa shape index (κ3) is 4.27. The standard InChI is InChI=1S/C15H18N2O3S/c1-9-6-11(8-14(19)16-9)15(20)17-10(2)7-12(18)13-4-3-5-21-13/h3-6,8,10,12,18H,7H2,1-2H3,(H,16,19)(H,17,20). The second-order valence-corrected chi connectivity index (χ2v) is 6.04. The van der Waals surface area contributed by atoms with Gasteiger partial charge in [0.05, 0.1) is 6.10 Å². The van der Waals surface area contributed by atoms with E-state index >= 15 is 0 Å². The molecule has 5 nitrogen and oxygen atoms in total. The van der Waals surface area contributed by atoms with Gasteiger partial charge in [-0.2, -0.15) is 0 Å². The Morgan fingerprint density at radius 2 is 2.24 bits per heavy atom. The monoisotopic (exact) mass is 306 g/mol. The zero-order valence-electron chi connectivity index (χ0n) is 11.9. The average Bonchev–Trinajstić information content (AvgIpc) is 2.91. The molecular weight excluding hydrogens is 288 g/mol. The summed E-state index contributed by atoms with van der Waals surface area (Å²) in [5, 5.41) is 14.8. The SMILES string of the molecule is Cc1cc(C(=O)NC(C)CC(O)c2cccs2)cc(=O)[nH]1. The molecule has 2 atom stereocenters. The Labute approximate surface area is 126 Å². The Morgan fingerprint density at radius 3 is 2.86 bits per heavy atom. The molecule has 0 fully saturated rings. The quantitative estimate of drug-likeness (QED) is 0.790. The van der Waals surface area contributed by atoms with E-state index in [4.69, 9.17) is 0 Å². The van der Waals surface area contributed by atoms with Gasteiger partial charge < -0.3 is 15.4 Å². The molecule has 2 rings (SSSR count). The summed E-state index contributed by atoms with van der Waals surface area (Å²) >= 11 is 1.48. The van der Waals surface area contributed by atoms with Crippen molar-refractivity contribution in [1.82, 2.24) is 10.3 Å². The number of aryl methyl sites for hydroxylation is 1. The molecule has 0 saturated heterocycles. The highest BCUT2D eigenvalue weighted by Gasteiger charge is 2.16. The highest BCUT2D eigenvalue weighted by Crippen LogP contribution is 2.22. The van der Waals surface area contributed by atoms with Gasteiger partial charge in [-0.15, -0.1) is 11.3 Å². The lowest BCUT2D eigenvalue weighted by atomic mass is 10.1. The van der Waals surface area contributed by atoms with Crippen molar-refractivity contribution in [2.45, 2.75) is 32.4 Å². The number of rotatable bonds is 5. The van der Waals surface area contributed by atoms with Crippen LogP contribution in [0.25, 0.3) is 0 Å². The maximum atomic E-state index is 12.1. The maximum absolute atomic E-state index is 12.1. The third-order valence-electron chi connectivity index (χ3n) is 3.07. The number of thiophene rings is 1. The zero-order chi connectivity index (χ0) is 15.4. The molecule has 2 unspecified atom stereocenters. The Kier molecular flexibility index (Phi) is 4.93. The number of aromatic amines is 1. The lowest BCUT2D eigenvalue weighted by Gasteiger charge is -2.17. The van der Waals surface area contributed by atoms with E-state index in [9.17, 15) is 14.7 Å². The van der Waals surface area contributed by atoms with Crippen LogP contribution in [0.2, 0.25) is 0 Å². The molecule has 6 heteroatoms. The number of aromatic nitrogens is 1. The highest BCUT2D eigenvalue weighted by molar-refractivity contribution is 7.10. The van der Waals surface area contributed by atoms with Crippen LogP contribution < -0.4 is 10.9 Å². The van der Waals surface area contributed by atoms with Crippen LogP contribution >= 0.6 is 11.3 Å². The molecule has 0 spiro atoms. The number of pyridine rings is 1. The summed E-state index contributed by atoms with van der Waals surface area (Å²) in [4.78, 5) is 26.9. The summed E-state index contributed by atoms with van der Waals surface area (Å²) < 4.78 is 0. The van der Waals surface area contributed by atoms with Gasteiger partial charge in [-0.05, 0) is 37.8 Å². The molecule has 0 aliphatic rings. The van der Waals surface area contributed by atoms with E-state index in [0.717, 1.165) is 4.88 Å². The van der Waals surface area contributed by atoms with Crippen LogP contribution in [0.5, 0.6) is 0 Å². The van der Waals surface area contributed by atoms with Crippen LogP contribution in [0.1, 0.15) is 40.4 Å². The number of carbonyl (C=O) groups excluding carboxylic acids is 1. The van der Waals surface area contributed by atoms with E-state index in [-0.39, 0.29) is 17.5 Å². The molecule has 2 aromatic heterocycles. The fourth-order valence-electron chi connectivity index (χ4n) is 2.11. The zero-order valence-corrected chi connectivity index (χ0v) is 12.7. The number of hydrogen-bond acceptors (Lipinski definition) is 4. The lowest BCUT2D eigenvalue weighted by molar-refractivity contribution is 0.0918. The van der Waals surface area contributed by atoms with Gasteiger partial charge >= 0.3 is 0 Å². The maximum Gasteiger partial charge on any atom is 0.251 e. The number of aliphatic hydroxyl groups excluding tert-OH is 1. The van der Waals surface area contributed by atoms with E-state index in [1.165, 1.54) is 17.4 Å². The van der Waals surface area contributed by atoms with Crippen LogP contribution in [-0.2, 0) is 0 Å². The van der Waals surface area contributed by atoms with Crippen LogP contribution in [-0.4, -0.2) is 22.0 Å². The molecule has 2 heterocycles. The molecule has 3 N–H and O–H groups in total. The smallest absolute Gasteiger partial charge is 0.251 e. The highest BCUT2D eigenvalue weighted by atomic mass is 32.1. The van der Waals surface area contributed by atoms with Crippen molar-refractivity contribution in [3.8, 4) is 0 Å². The molecule has 0 aromatic carbocycles. The fraction of sp³-hybridized carbons (Fsp3) is 0.333. The van der Waals surface area contributed by atoms with Gasteiger partial charge in [-0.25, -0.2) is 0 Å². The number of aliphatic hydroxyl groups is 1. The van der Waals surface area contributed by atoms with E-state index in [0.29, 0.717) is 17.7 Å². The summed E-state index contributed by atoms with van der Waals surface area (Å²) in [6, 6.07) is 6.44. The van der Waals surface area contributed by atoms with Gasteiger partial charge in [-0.3, -0.25) is 9.59 Å². The van der Waals surface area contributed by atoms with Crippen LogP contribution in [0.15, 0.2) is 34.4 Å². The molecular formula is C15H18N2O3S. The number of hydrogen-bond donors (Lipinski definition) is 3. The molecule has 0 aliphatic heterocycles. The Morgan fingerprint density at radius 1 is 1.48 bits per heavy atom. The Balaban J connectivity index is 1.97. The summed E-state index contributed by atoms with van der Waals surface area (Å²) in [5.74, 6) is -0.310. The molecule has 1 amide bonds. The Hall–Kier alpha value is -1.92. The molecule has 0 radical (unpaired) electrons. The van der Waals surface area contributed by atoms with Gasteiger partial charge in [-0.1, -0.05) is 6.07 Å². The summed E-state index contributed by atoms with van der Waals surface area (Å²) in [6.07, 6.45) is -0.171. The first kappa shape index (κ1) is 15.5. The number of nitrogens with one attached hydrogen (secondary N) is 2. The van der Waals surface area contributed by atoms with E-state index in [1.807, 2.05) is 24.4 Å². The minimum atomic E-state index is -0.596. The topological polar surface area (TPSA) is 82.2 Å². The van der Waals surface area contributed by atoms with E-state index in [1.54, 1.807) is 13.0 Å². The number of amides is 1. The van der Waals surface area contributed by atoms with E-state index in [2.05, 4.69) is 10.3 Å². The lowest BCUT2D eigenvalue weighted by Crippen LogP contribution is -2.34. The van der Waals surface area contributed by atoms with Gasteiger partial charge in [0.2, 0.25) is 5.56 Å². The second-order valence-electron chi connectivity index (χ2n) is 5.06. The molecule has 0 aliphatic carbocycles. The molecule has 112 valence electrons.